The topological polar surface area (TPSA) is 186 Å². The highest BCUT2D eigenvalue weighted by atomic mass is 33.1. The number of aromatic hydroxyl groups is 2. The predicted molar refractivity (Wildman–Crippen MR) is 306 cm³/mol. The summed E-state index contributed by atoms with van der Waals surface area (Å²) < 4.78 is 33.3. The number of aliphatic hydroxyl groups excluding tert-OH is 1. The Morgan fingerprint density at radius 1 is 1.01 bits per heavy atom. The fourth-order valence-electron chi connectivity index (χ4n) is 14.8. The Labute approximate surface area is 467 Å². The SMILES string of the molecule is CCC1=CC2=C(C#C[C@H]3C#CC[C@H](COC)[C@H](CO)CNCc4c(O)c5c(c(c43)[C@H]3Oc4c(ccc6c4[C@@]4(CC[C@H](C2)C4)Cc2cc(O)cc(OC)c2-6)[C@@H]3COC(C)=O)C=C[C@@H]2N[C@@H]3CCC[C@@H](CSSC[C@H]2O5)C3)NC1N. The summed E-state index contributed by atoms with van der Waals surface area (Å²) in [5, 5.41) is 46.8. The van der Waals surface area contributed by atoms with Crippen molar-refractivity contribution < 1.29 is 43.8 Å². The van der Waals surface area contributed by atoms with E-state index in [0.29, 0.717) is 71.9 Å². The molecule has 1 unspecified atom stereocenters. The van der Waals surface area contributed by atoms with Gasteiger partial charge in [0.2, 0.25) is 0 Å². The molecule has 13 nitrogen and oxygen atoms in total. The number of hydrogen-bond acceptors (Lipinski definition) is 15. The maximum Gasteiger partial charge on any atom is 0.302 e. The van der Waals surface area contributed by atoms with Crippen LogP contribution in [-0.4, -0.2) is 97.7 Å². The summed E-state index contributed by atoms with van der Waals surface area (Å²) in [6, 6.07) is 8.09. The van der Waals surface area contributed by atoms with Gasteiger partial charge in [-0.2, -0.15) is 0 Å². The van der Waals surface area contributed by atoms with E-state index in [2.05, 4.69) is 76.9 Å². The van der Waals surface area contributed by atoms with Crippen molar-refractivity contribution in [2.75, 3.05) is 52.1 Å². The highest BCUT2D eigenvalue weighted by molar-refractivity contribution is 8.76. The molecule has 12 rings (SSSR count). The third kappa shape index (κ3) is 9.88. The van der Waals surface area contributed by atoms with Crippen LogP contribution in [0.5, 0.6) is 28.7 Å². The molecule has 0 amide bonds. The first kappa shape index (κ1) is 53.4. The number of hydrogen-bond donors (Lipinski definition) is 7. The standard InChI is InChI=1S/C63H74N4O9S2/c1-5-37-22-40-20-35-18-19-63(25-35)26-41-23-44(70)24-52(73-4)54(41)46-14-13-45-49(31-74-34(2)69)59(76-60(45)57(46)63)56-47-15-17-51-53(33-78-77-32-36-8-6-11-43(21-36)66-51)75-61(47)58(71)48-28-65-27-42(29-68)39(30-72-3)10-7-9-38(55(48)56)12-16-50(40)67-62(37)64/h13-15,17,22-24,35-36,38-39,42-43,49,51,53,59,62,65-68,70-71H,5-6,8,10-11,18-21,25-33,64H2,1-4H3/t35-,36-,38-,39-,42+,43-,49+,51+,53-,59+,62?,63-/m1/s1. The predicted octanol–water partition coefficient (Wildman–Crippen LogP) is 9.17. The number of carbonyl (C=O) groups is 1. The number of carbonyl (C=O) groups excluding carboxylic acids is 1. The molecule has 8 N–H and O–H groups in total. The molecular formula is C63H74N4O9S2. The molecule has 2 saturated carbocycles. The van der Waals surface area contributed by atoms with Crippen LogP contribution < -0.4 is 35.9 Å². The molecule has 3 aliphatic carbocycles. The fraction of sp³-hybridized carbons (Fsp3) is 0.540. The minimum absolute atomic E-state index is 0.00895. The molecule has 3 aromatic carbocycles. The Hall–Kier alpha value is -5.23. The average molecular weight is 1100 g/mol. The molecule has 78 heavy (non-hydrogen) atoms. The van der Waals surface area contributed by atoms with E-state index in [1.54, 1.807) is 20.3 Å². The number of ether oxygens (including phenoxy) is 5. The molecule has 6 aliphatic heterocycles. The van der Waals surface area contributed by atoms with Gasteiger partial charge >= 0.3 is 5.97 Å². The summed E-state index contributed by atoms with van der Waals surface area (Å²) in [4.78, 5) is 13.1. The fourth-order valence-corrected chi connectivity index (χ4v) is 17.4. The van der Waals surface area contributed by atoms with E-state index in [1.165, 1.54) is 19.8 Å². The number of dihydropyridines is 1. The first-order chi connectivity index (χ1) is 38.0. The number of methoxy groups -OCH3 is 2. The molecule has 12 atom stereocenters. The van der Waals surface area contributed by atoms with Crippen molar-refractivity contribution in [3.63, 3.8) is 0 Å². The van der Waals surface area contributed by atoms with Crippen molar-refractivity contribution in [1.29, 1.82) is 0 Å². The molecule has 0 aromatic heterocycles. The maximum atomic E-state index is 13.3. The van der Waals surface area contributed by atoms with Gasteiger partial charge in [0, 0.05) is 108 Å². The van der Waals surface area contributed by atoms with Gasteiger partial charge in [0.1, 0.15) is 42.0 Å². The van der Waals surface area contributed by atoms with E-state index >= 15 is 0 Å². The van der Waals surface area contributed by atoms with Gasteiger partial charge in [0.15, 0.2) is 11.5 Å². The summed E-state index contributed by atoms with van der Waals surface area (Å²) in [5.74, 6) is 17.3. The number of esters is 1. The van der Waals surface area contributed by atoms with Crippen LogP contribution >= 0.6 is 21.6 Å². The molecule has 6 bridgehead atoms. The van der Waals surface area contributed by atoms with Crippen LogP contribution in [0, 0.1) is 47.4 Å². The number of benzene rings is 3. The van der Waals surface area contributed by atoms with Gasteiger partial charge in [-0.05, 0) is 115 Å². The summed E-state index contributed by atoms with van der Waals surface area (Å²) in [5.41, 5.74) is 17.3. The van der Waals surface area contributed by atoms with Crippen LogP contribution in [0.15, 0.2) is 53.3 Å². The quantitative estimate of drug-likeness (QED) is 0.0674. The van der Waals surface area contributed by atoms with Gasteiger partial charge in [0.25, 0.3) is 0 Å². The summed E-state index contributed by atoms with van der Waals surface area (Å²) in [7, 11) is 7.09. The molecule has 1 saturated heterocycles. The van der Waals surface area contributed by atoms with Crippen molar-refractivity contribution in [1.82, 2.24) is 16.0 Å². The normalized spacial score (nSPS) is 31.4. The highest BCUT2D eigenvalue weighted by Crippen LogP contribution is 2.64. The van der Waals surface area contributed by atoms with E-state index in [-0.39, 0.29) is 61.2 Å². The minimum Gasteiger partial charge on any atom is -0.508 e. The molecule has 15 heteroatoms. The average Bonchev–Trinajstić information content (AvgIpc) is 4.12. The van der Waals surface area contributed by atoms with Gasteiger partial charge in [0.05, 0.1) is 37.5 Å². The van der Waals surface area contributed by atoms with E-state index in [0.717, 1.165) is 107 Å². The second-order valence-corrected chi connectivity index (χ2v) is 25.9. The van der Waals surface area contributed by atoms with Gasteiger partial charge in [-0.15, -0.1) is 5.92 Å². The van der Waals surface area contributed by atoms with Gasteiger partial charge in [-0.1, -0.05) is 77.1 Å². The number of rotatable bonds is 7. The number of allylic oxidation sites excluding steroid dienone is 3. The third-order valence-corrected chi connectivity index (χ3v) is 21.1. The number of nitrogens with one attached hydrogen (secondary N) is 3. The van der Waals surface area contributed by atoms with Crippen LogP contribution in [0.25, 0.3) is 17.2 Å². The molecule has 3 aromatic rings. The molecule has 0 radical (unpaired) electrons. The molecule has 9 aliphatic rings. The van der Waals surface area contributed by atoms with Gasteiger partial charge in [-0.25, -0.2) is 0 Å². The van der Waals surface area contributed by atoms with Crippen molar-refractivity contribution in [3.05, 3.63) is 92.2 Å². The monoisotopic (exact) mass is 1090 g/mol. The lowest BCUT2D eigenvalue weighted by molar-refractivity contribution is -0.141. The number of nitrogens with two attached hydrogens (primary N) is 1. The zero-order chi connectivity index (χ0) is 53.8. The minimum atomic E-state index is -0.792. The van der Waals surface area contributed by atoms with Crippen LogP contribution in [0.4, 0.5) is 0 Å². The van der Waals surface area contributed by atoms with E-state index < -0.39 is 35.5 Å². The lowest BCUT2D eigenvalue weighted by atomic mass is 9.65. The Bertz CT molecular complexity index is 3100. The van der Waals surface area contributed by atoms with E-state index in [4.69, 9.17) is 29.4 Å². The first-order valence-electron chi connectivity index (χ1n) is 28.4. The summed E-state index contributed by atoms with van der Waals surface area (Å²) in [6.45, 7) is 4.57. The second kappa shape index (κ2) is 22.4. The van der Waals surface area contributed by atoms with E-state index in [1.807, 2.05) is 27.7 Å². The van der Waals surface area contributed by atoms with Crippen molar-refractivity contribution in [3.8, 4) is 63.6 Å². The third-order valence-electron chi connectivity index (χ3n) is 18.5. The van der Waals surface area contributed by atoms with Crippen molar-refractivity contribution in [2.45, 2.75) is 139 Å². The van der Waals surface area contributed by atoms with Crippen LogP contribution in [0.1, 0.15) is 135 Å². The van der Waals surface area contributed by atoms with Crippen LogP contribution in [0.2, 0.25) is 0 Å². The van der Waals surface area contributed by atoms with Crippen LogP contribution in [0.3, 0.4) is 0 Å². The Kier molecular flexibility index (Phi) is 15.3. The molecule has 6 heterocycles. The molecule has 1 spiro atoms. The highest BCUT2D eigenvalue weighted by Gasteiger charge is 2.52. The first-order valence-corrected chi connectivity index (χ1v) is 30.9. The molecule has 3 fully saturated rings. The lowest BCUT2D eigenvalue weighted by Gasteiger charge is -2.39. The summed E-state index contributed by atoms with van der Waals surface area (Å²) in [6.07, 6.45) is 15.1. The molecular weight excluding hydrogens is 1020 g/mol. The largest absolute Gasteiger partial charge is 0.508 e. The van der Waals surface area contributed by atoms with Gasteiger partial charge in [-0.3, -0.25) is 4.79 Å². The second-order valence-electron chi connectivity index (χ2n) is 23.3. The zero-order valence-corrected chi connectivity index (χ0v) is 46.9. The number of phenolic OH excluding ortho intramolecular Hbond substituents is 2. The summed E-state index contributed by atoms with van der Waals surface area (Å²) >= 11 is 0. The van der Waals surface area contributed by atoms with Crippen molar-refractivity contribution in [2.24, 2.45) is 29.4 Å². The van der Waals surface area contributed by atoms with Crippen LogP contribution in [-0.2, 0) is 32.6 Å². The number of aliphatic hydroxyl groups is 1. The maximum absolute atomic E-state index is 13.3. The van der Waals surface area contributed by atoms with Gasteiger partial charge < -0.3 is 60.7 Å². The smallest absolute Gasteiger partial charge is 0.302 e. The van der Waals surface area contributed by atoms with Crippen molar-refractivity contribution >= 4 is 33.6 Å². The Morgan fingerprint density at radius 2 is 1.88 bits per heavy atom. The number of fused-ring (bicyclic) bond motifs is 10. The van der Waals surface area contributed by atoms with E-state index in [9.17, 15) is 20.1 Å². The Balaban J connectivity index is 1.16. The number of phenols is 2. The molecule has 412 valence electrons. The Morgan fingerprint density at radius 3 is 2.71 bits per heavy atom. The lowest BCUT2D eigenvalue weighted by Crippen LogP contribution is -2.49. The zero-order valence-electron chi connectivity index (χ0n) is 45.3.